The second kappa shape index (κ2) is 4.50. The highest BCUT2D eigenvalue weighted by Gasteiger charge is 2.09. The van der Waals surface area contributed by atoms with Crippen LogP contribution in [-0.2, 0) is 0 Å². The number of nitrogen functional groups attached to an aromatic ring is 1. The molecule has 0 aliphatic heterocycles. The number of nitrogens with zero attached hydrogens (tertiary/aromatic N) is 1. The molecule has 1 rings (SSSR count). The molecule has 0 atom stereocenters. The minimum Gasteiger partial charge on any atom is -0.384 e. The van der Waals surface area contributed by atoms with Gasteiger partial charge in [-0.25, -0.2) is 13.8 Å². The van der Waals surface area contributed by atoms with Crippen molar-refractivity contribution in [1.82, 2.24) is 10.3 Å². The Bertz CT molecular complexity index is 330. The van der Waals surface area contributed by atoms with Crippen molar-refractivity contribution in [3.05, 3.63) is 23.9 Å². The summed E-state index contributed by atoms with van der Waals surface area (Å²) in [6.45, 7) is -0.685. The summed E-state index contributed by atoms with van der Waals surface area (Å²) < 4.78 is 23.5. The fourth-order valence-corrected chi connectivity index (χ4v) is 0.838. The van der Waals surface area contributed by atoms with Gasteiger partial charge in [-0.05, 0) is 12.1 Å². The fourth-order valence-electron chi connectivity index (χ4n) is 0.838. The van der Waals surface area contributed by atoms with E-state index in [9.17, 15) is 13.6 Å². The maximum absolute atomic E-state index is 11.7. The molecule has 0 aliphatic rings. The topological polar surface area (TPSA) is 68.0 Å². The number of halogens is 2. The average molecular weight is 201 g/mol. The first kappa shape index (κ1) is 10.4. The molecule has 0 saturated heterocycles. The van der Waals surface area contributed by atoms with Crippen LogP contribution >= 0.6 is 0 Å². The van der Waals surface area contributed by atoms with E-state index < -0.39 is 18.9 Å². The van der Waals surface area contributed by atoms with Crippen LogP contribution in [0.3, 0.4) is 0 Å². The van der Waals surface area contributed by atoms with Gasteiger partial charge in [0.05, 0.1) is 6.54 Å². The van der Waals surface area contributed by atoms with Crippen molar-refractivity contribution in [1.29, 1.82) is 0 Å². The predicted molar refractivity (Wildman–Crippen MR) is 47.0 cm³/mol. The molecule has 0 fully saturated rings. The van der Waals surface area contributed by atoms with E-state index in [2.05, 4.69) is 4.98 Å². The van der Waals surface area contributed by atoms with E-state index in [-0.39, 0.29) is 11.5 Å². The van der Waals surface area contributed by atoms with Gasteiger partial charge in [-0.15, -0.1) is 0 Å². The zero-order chi connectivity index (χ0) is 10.6. The van der Waals surface area contributed by atoms with E-state index in [4.69, 9.17) is 5.73 Å². The summed E-state index contributed by atoms with van der Waals surface area (Å²) in [5, 5.41) is 2.02. The van der Waals surface area contributed by atoms with E-state index >= 15 is 0 Å². The van der Waals surface area contributed by atoms with Crippen molar-refractivity contribution < 1.29 is 13.6 Å². The lowest BCUT2D eigenvalue weighted by Gasteiger charge is -2.03. The van der Waals surface area contributed by atoms with E-state index in [1.54, 1.807) is 0 Å². The number of nitrogens with two attached hydrogens (primary N) is 1. The van der Waals surface area contributed by atoms with Crippen LogP contribution in [-0.4, -0.2) is 23.9 Å². The molecule has 4 nitrogen and oxygen atoms in total. The Morgan fingerprint density at radius 1 is 1.57 bits per heavy atom. The lowest BCUT2D eigenvalue weighted by atomic mass is 10.3. The largest absolute Gasteiger partial charge is 0.384 e. The summed E-state index contributed by atoms with van der Waals surface area (Å²) in [6, 6.07) is 4.43. The molecule has 6 heteroatoms. The maximum atomic E-state index is 11.7. The van der Waals surface area contributed by atoms with Gasteiger partial charge in [0, 0.05) is 0 Å². The first-order chi connectivity index (χ1) is 6.59. The number of hydrogen-bond donors (Lipinski definition) is 2. The number of amides is 1. The van der Waals surface area contributed by atoms with Crippen LogP contribution in [0.4, 0.5) is 14.6 Å². The Kier molecular flexibility index (Phi) is 3.33. The SMILES string of the molecule is Nc1cccc(C(=O)NCC(F)F)n1. The number of carbonyl (C=O) groups excluding carboxylic acids is 1. The van der Waals surface area contributed by atoms with Crippen molar-refractivity contribution >= 4 is 11.7 Å². The first-order valence-corrected chi connectivity index (χ1v) is 3.88. The maximum Gasteiger partial charge on any atom is 0.270 e. The minimum absolute atomic E-state index is 0.0330. The molecule has 0 aromatic carbocycles. The monoisotopic (exact) mass is 201 g/mol. The summed E-state index contributed by atoms with van der Waals surface area (Å²) in [7, 11) is 0. The van der Waals surface area contributed by atoms with Gasteiger partial charge in [-0.2, -0.15) is 0 Å². The van der Waals surface area contributed by atoms with Gasteiger partial charge in [0.1, 0.15) is 11.5 Å². The summed E-state index contributed by atoms with van der Waals surface area (Å²) in [5.74, 6) is -0.479. The standard InChI is InChI=1S/C8H9F2N3O/c9-6(10)4-12-8(14)5-2-1-3-7(11)13-5/h1-3,6H,4H2,(H2,11,13)(H,12,14). The van der Waals surface area contributed by atoms with E-state index in [0.29, 0.717) is 0 Å². The highest BCUT2D eigenvalue weighted by atomic mass is 19.3. The third kappa shape index (κ3) is 2.96. The summed E-state index contributed by atoms with van der Waals surface area (Å²) in [5.41, 5.74) is 5.35. The molecule has 0 spiro atoms. The second-order valence-corrected chi connectivity index (χ2v) is 2.55. The molecule has 1 amide bonds. The molecule has 1 heterocycles. The summed E-state index contributed by atoms with van der Waals surface area (Å²) in [4.78, 5) is 14.8. The molecule has 1 aromatic heterocycles. The van der Waals surface area contributed by atoms with Gasteiger partial charge in [-0.3, -0.25) is 4.79 Å². The van der Waals surface area contributed by atoms with Gasteiger partial charge in [-0.1, -0.05) is 6.07 Å². The summed E-state index contributed by atoms with van der Waals surface area (Å²) >= 11 is 0. The molecular formula is C8H9F2N3O. The lowest BCUT2D eigenvalue weighted by molar-refractivity contribution is 0.0887. The third-order valence-corrected chi connectivity index (χ3v) is 1.42. The number of hydrogen-bond acceptors (Lipinski definition) is 3. The van der Waals surface area contributed by atoms with Gasteiger partial charge in [0.15, 0.2) is 0 Å². The molecule has 0 saturated carbocycles. The molecule has 0 unspecified atom stereocenters. The van der Waals surface area contributed by atoms with E-state index in [1.165, 1.54) is 18.2 Å². The van der Waals surface area contributed by atoms with Gasteiger partial charge in [0.2, 0.25) is 0 Å². The number of aromatic nitrogens is 1. The smallest absolute Gasteiger partial charge is 0.270 e. The number of anilines is 1. The Morgan fingerprint density at radius 3 is 2.86 bits per heavy atom. The third-order valence-electron chi connectivity index (χ3n) is 1.42. The zero-order valence-corrected chi connectivity index (χ0v) is 7.21. The molecule has 0 aliphatic carbocycles. The molecule has 3 N–H and O–H groups in total. The minimum atomic E-state index is -2.57. The van der Waals surface area contributed by atoms with Crippen molar-refractivity contribution in [2.45, 2.75) is 6.43 Å². The van der Waals surface area contributed by atoms with Crippen LogP contribution in [0, 0.1) is 0 Å². The lowest BCUT2D eigenvalue weighted by Crippen LogP contribution is -2.29. The number of carbonyl (C=O) groups is 1. The van der Waals surface area contributed by atoms with Crippen molar-refractivity contribution in [3.8, 4) is 0 Å². The van der Waals surface area contributed by atoms with Crippen LogP contribution < -0.4 is 11.1 Å². The van der Waals surface area contributed by atoms with Crippen LogP contribution in [0.15, 0.2) is 18.2 Å². The second-order valence-electron chi connectivity index (χ2n) is 2.55. The molecule has 1 aromatic rings. The van der Waals surface area contributed by atoms with Crippen LogP contribution in [0.1, 0.15) is 10.5 Å². The highest BCUT2D eigenvalue weighted by molar-refractivity contribution is 5.92. The van der Waals surface area contributed by atoms with Crippen LogP contribution in [0.25, 0.3) is 0 Å². The normalized spacial score (nSPS) is 10.2. The Hall–Kier alpha value is -1.72. The quantitative estimate of drug-likeness (QED) is 0.754. The predicted octanol–water partition coefficient (Wildman–Crippen LogP) is 0.659. The Balaban J connectivity index is 2.61. The molecule has 14 heavy (non-hydrogen) atoms. The number of rotatable bonds is 3. The van der Waals surface area contributed by atoms with Gasteiger partial charge >= 0.3 is 0 Å². The average Bonchev–Trinajstić information content (AvgIpc) is 2.14. The molecule has 0 bridgehead atoms. The van der Waals surface area contributed by atoms with Gasteiger partial charge in [0.25, 0.3) is 12.3 Å². The van der Waals surface area contributed by atoms with Crippen molar-refractivity contribution in [2.24, 2.45) is 0 Å². The molecule has 76 valence electrons. The molecule has 0 radical (unpaired) electrons. The number of alkyl halides is 2. The zero-order valence-electron chi connectivity index (χ0n) is 7.21. The van der Waals surface area contributed by atoms with Crippen molar-refractivity contribution in [3.63, 3.8) is 0 Å². The fraction of sp³-hybridized carbons (Fsp3) is 0.250. The summed E-state index contributed by atoms with van der Waals surface area (Å²) in [6.07, 6.45) is -2.57. The van der Waals surface area contributed by atoms with E-state index in [1.807, 2.05) is 5.32 Å². The highest BCUT2D eigenvalue weighted by Crippen LogP contribution is 2.00. The van der Waals surface area contributed by atoms with Gasteiger partial charge < -0.3 is 11.1 Å². The Labute approximate surface area is 79.1 Å². The number of pyridine rings is 1. The Morgan fingerprint density at radius 2 is 2.29 bits per heavy atom. The number of nitrogens with one attached hydrogen (secondary N) is 1. The van der Waals surface area contributed by atoms with Crippen molar-refractivity contribution in [2.75, 3.05) is 12.3 Å². The molecular weight excluding hydrogens is 192 g/mol. The first-order valence-electron chi connectivity index (χ1n) is 3.88. The van der Waals surface area contributed by atoms with Crippen LogP contribution in [0.5, 0.6) is 0 Å². The van der Waals surface area contributed by atoms with E-state index in [0.717, 1.165) is 0 Å². The van der Waals surface area contributed by atoms with Crippen LogP contribution in [0.2, 0.25) is 0 Å².